The Morgan fingerprint density at radius 1 is 1.00 bits per heavy atom. The molecule has 0 saturated carbocycles. The van der Waals surface area contributed by atoms with Gasteiger partial charge < -0.3 is 29.9 Å². The number of methoxy groups -OCH3 is 1. The van der Waals surface area contributed by atoms with Gasteiger partial charge in [-0.2, -0.15) is 5.10 Å². The topological polar surface area (TPSA) is 147 Å². The number of nitrogens with one attached hydrogen (secondary N) is 2. The average molecular weight is 622 g/mol. The van der Waals surface area contributed by atoms with Gasteiger partial charge in [0.05, 0.1) is 12.8 Å². The molecule has 45 heavy (non-hydrogen) atoms. The van der Waals surface area contributed by atoms with E-state index in [4.69, 9.17) is 9.47 Å². The Bertz CT molecular complexity index is 1540. The second-order valence-electron chi connectivity index (χ2n) is 11.4. The monoisotopic (exact) mass is 621 g/mol. The number of rotatable bonds is 2. The third-order valence-electron chi connectivity index (χ3n) is 7.68. The number of aromatic nitrogens is 3. The van der Waals surface area contributed by atoms with Crippen LogP contribution in [0.25, 0.3) is 5.65 Å². The summed E-state index contributed by atoms with van der Waals surface area (Å²) in [6.07, 6.45) is 2.59. The van der Waals surface area contributed by atoms with Crippen LogP contribution in [0.4, 0.5) is 0 Å². The molecule has 2 N–H and O–H groups in total. The van der Waals surface area contributed by atoms with Crippen LogP contribution in [0.15, 0.2) is 30.3 Å². The van der Waals surface area contributed by atoms with Gasteiger partial charge in [-0.15, -0.1) is 0 Å². The van der Waals surface area contributed by atoms with Gasteiger partial charge >= 0.3 is 0 Å². The predicted octanol–water partition coefficient (Wildman–Crippen LogP) is 2.07. The highest BCUT2D eigenvalue weighted by molar-refractivity contribution is 5.93. The van der Waals surface area contributed by atoms with Gasteiger partial charge in [0, 0.05) is 51.4 Å². The van der Waals surface area contributed by atoms with Gasteiger partial charge in [-0.05, 0) is 70.2 Å². The van der Waals surface area contributed by atoms with Crippen molar-refractivity contribution in [3.63, 3.8) is 0 Å². The molecule has 242 valence electrons. The van der Waals surface area contributed by atoms with Crippen molar-refractivity contribution >= 4 is 29.3 Å². The molecule has 0 fully saturated rings. The zero-order valence-electron chi connectivity index (χ0n) is 26.7. The summed E-state index contributed by atoms with van der Waals surface area (Å²) in [7, 11) is 3.20. The number of aryl methyl sites for hydroxylation is 3. The molecule has 3 aromatic rings. The maximum Gasteiger partial charge on any atom is 0.272 e. The van der Waals surface area contributed by atoms with Crippen molar-refractivity contribution in [2.24, 2.45) is 0 Å². The lowest BCUT2D eigenvalue weighted by molar-refractivity contribution is -0.135. The molecule has 2 aromatic heterocycles. The minimum Gasteiger partial charge on any atom is -0.493 e. The number of likely N-dealkylation sites (N-methyl/N-ethyl adjacent to an activating group) is 1. The van der Waals surface area contributed by atoms with Gasteiger partial charge in [-0.1, -0.05) is 6.07 Å². The van der Waals surface area contributed by atoms with E-state index in [-0.39, 0.29) is 30.7 Å². The smallest absolute Gasteiger partial charge is 0.272 e. The lowest BCUT2D eigenvalue weighted by Crippen LogP contribution is -2.47. The summed E-state index contributed by atoms with van der Waals surface area (Å²) >= 11 is 0. The van der Waals surface area contributed by atoms with Gasteiger partial charge in [0.1, 0.15) is 11.7 Å². The first-order valence-electron chi connectivity index (χ1n) is 15.3. The van der Waals surface area contributed by atoms with Crippen molar-refractivity contribution in [1.82, 2.24) is 35.0 Å². The quantitative estimate of drug-likeness (QED) is 0.442. The maximum absolute atomic E-state index is 13.7. The molecular weight excluding hydrogens is 578 g/mol. The number of nitrogens with zero attached hydrogens (tertiary/aromatic N) is 5. The number of hydrogen-bond acceptors (Lipinski definition) is 8. The van der Waals surface area contributed by atoms with Crippen LogP contribution in [0.3, 0.4) is 0 Å². The first-order valence-corrected chi connectivity index (χ1v) is 15.3. The summed E-state index contributed by atoms with van der Waals surface area (Å²) in [5, 5.41) is 10.1. The van der Waals surface area contributed by atoms with Crippen molar-refractivity contribution in [1.29, 1.82) is 0 Å². The van der Waals surface area contributed by atoms with Crippen LogP contribution in [0.1, 0.15) is 60.0 Å². The Balaban J connectivity index is 1.48. The van der Waals surface area contributed by atoms with Crippen LogP contribution in [-0.4, -0.2) is 101 Å². The van der Waals surface area contributed by atoms with Crippen molar-refractivity contribution in [3.8, 4) is 11.5 Å². The van der Waals surface area contributed by atoms with E-state index in [9.17, 15) is 19.2 Å². The molecule has 0 saturated heterocycles. The van der Waals surface area contributed by atoms with E-state index in [1.54, 1.807) is 46.5 Å². The van der Waals surface area contributed by atoms with E-state index < -0.39 is 11.9 Å². The Morgan fingerprint density at radius 3 is 2.53 bits per heavy atom. The van der Waals surface area contributed by atoms with Crippen molar-refractivity contribution in [2.75, 3.05) is 46.9 Å². The second kappa shape index (κ2) is 15.4. The average Bonchev–Trinajstić information content (AvgIpc) is 3.41. The number of hydrogen-bond donors (Lipinski definition) is 2. The first kappa shape index (κ1) is 33.2. The van der Waals surface area contributed by atoms with Crippen molar-refractivity contribution in [2.45, 2.75) is 58.9 Å². The molecule has 13 nitrogen and oxygen atoms in total. The molecule has 1 aliphatic rings. The number of carbonyl (C=O) groups is 4. The SMILES string of the molecule is COc1ccc2cc1OCC(=O)N[C@@H](C)C(=O)N(C)CCCCN(C(=O)c1cc(C)n3nc(C)cc3n1)CCCNC(=O)CC2. The number of carbonyl (C=O) groups excluding carboxylic acids is 4. The normalized spacial score (nSPS) is 18.3. The largest absolute Gasteiger partial charge is 0.493 e. The fraction of sp³-hybridized carbons (Fsp3) is 0.500. The van der Waals surface area contributed by atoms with Crippen LogP contribution in [0.2, 0.25) is 0 Å². The molecule has 1 aliphatic heterocycles. The van der Waals surface area contributed by atoms with Crippen molar-refractivity contribution < 1.29 is 28.7 Å². The van der Waals surface area contributed by atoms with E-state index in [1.807, 2.05) is 26.0 Å². The highest BCUT2D eigenvalue weighted by Gasteiger charge is 2.22. The molecular formula is C32H43N7O6. The summed E-state index contributed by atoms with van der Waals surface area (Å²) in [4.78, 5) is 59.7. The highest BCUT2D eigenvalue weighted by atomic mass is 16.5. The fourth-order valence-corrected chi connectivity index (χ4v) is 5.24. The zero-order chi connectivity index (χ0) is 32.5. The van der Waals surface area contributed by atoms with E-state index in [2.05, 4.69) is 20.7 Å². The van der Waals surface area contributed by atoms with Gasteiger partial charge in [-0.3, -0.25) is 19.2 Å². The molecule has 0 unspecified atom stereocenters. The molecule has 0 spiro atoms. The summed E-state index contributed by atoms with van der Waals surface area (Å²) in [6, 6.07) is 8.15. The minimum absolute atomic E-state index is 0.104. The fourth-order valence-electron chi connectivity index (χ4n) is 5.24. The van der Waals surface area contributed by atoms with E-state index in [0.717, 1.165) is 17.0 Å². The molecule has 0 radical (unpaired) electrons. The molecule has 1 aromatic carbocycles. The van der Waals surface area contributed by atoms with Crippen LogP contribution < -0.4 is 20.1 Å². The van der Waals surface area contributed by atoms with Crippen LogP contribution in [0.5, 0.6) is 11.5 Å². The van der Waals surface area contributed by atoms with Gasteiger partial charge in [0.2, 0.25) is 11.8 Å². The Kier molecular flexibility index (Phi) is 11.3. The Hall–Kier alpha value is -4.68. The molecule has 3 heterocycles. The maximum atomic E-state index is 13.7. The van der Waals surface area contributed by atoms with Crippen LogP contribution in [0, 0.1) is 13.8 Å². The first-order chi connectivity index (χ1) is 21.5. The standard InChI is InChI=1S/C32H43N7O6/c1-21-17-28-35-25(18-22(2)39(28)36-21)32(43)38-15-7-6-14-37(4)31(42)23(3)34-30(41)20-45-27-19-24(9-11-26(27)44-5)10-12-29(40)33-13-8-16-38/h9,11,17-19,23H,6-8,10,12-16,20H2,1-5H3,(H,33,40)(H,34,41)/t23-/m0/s1. The minimum atomic E-state index is -0.745. The molecule has 4 rings (SSSR count). The van der Waals surface area contributed by atoms with Crippen LogP contribution >= 0.6 is 0 Å². The Labute approximate surface area is 263 Å². The summed E-state index contributed by atoms with van der Waals surface area (Å²) < 4.78 is 12.8. The van der Waals surface area contributed by atoms with E-state index in [0.29, 0.717) is 74.7 Å². The van der Waals surface area contributed by atoms with Gasteiger partial charge in [-0.25, -0.2) is 9.50 Å². The predicted molar refractivity (Wildman–Crippen MR) is 167 cm³/mol. The summed E-state index contributed by atoms with van der Waals surface area (Å²) in [5.74, 6) is -0.134. The third-order valence-corrected chi connectivity index (χ3v) is 7.68. The molecule has 13 heteroatoms. The van der Waals surface area contributed by atoms with E-state index in [1.165, 1.54) is 7.11 Å². The Morgan fingerprint density at radius 2 is 1.76 bits per heavy atom. The van der Waals surface area contributed by atoms with Gasteiger partial charge in [0.15, 0.2) is 23.8 Å². The van der Waals surface area contributed by atoms with Crippen molar-refractivity contribution in [3.05, 3.63) is 53.0 Å². The van der Waals surface area contributed by atoms with Crippen LogP contribution in [-0.2, 0) is 20.8 Å². The third kappa shape index (κ3) is 8.93. The van der Waals surface area contributed by atoms with Gasteiger partial charge in [0.25, 0.3) is 11.8 Å². The lowest BCUT2D eigenvalue weighted by Gasteiger charge is -2.25. The molecule has 1 atom stereocenters. The zero-order valence-corrected chi connectivity index (χ0v) is 26.7. The number of ether oxygens (including phenoxy) is 2. The second-order valence-corrected chi connectivity index (χ2v) is 11.4. The highest BCUT2D eigenvalue weighted by Crippen LogP contribution is 2.28. The molecule has 2 bridgehead atoms. The lowest BCUT2D eigenvalue weighted by atomic mass is 10.1. The molecule has 0 aliphatic carbocycles. The number of benzene rings is 1. The summed E-state index contributed by atoms with van der Waals surface area (Å²) in [6.45, 7) is 6.86. The summed E-state index contributed by atoms with van der Waals surface area (Å²) in [5.41, 5.74) is 3.41. The van der Waals surface area contributed by atoms with E-state index >= 15 is 0 Å². The number of amides is 4. The number of fused-ring (bicyclic) bond motifs is 3. The molecule has 4 amide bonds.